The van der Waals surface area contributed by atoms with E-state index in [1.165, 1.54) is 23.5 Å². The molecule has 0 amide bonds. The summed E-state index contributed by atoms with van der Waals surface area (Å²) < 4.78 is 8.19. The highest BCUT2D eigenvalue weighted by Crippen LogP contribution is 2.54. The molecule has 5 rings (SSSR count). The Bertz CT molecular complexity index is 1300. The molecule has 182 valence electrons. The van der Waals surface area contributed by atoms with Gasteiger partial charge < -0.3 is 4.90 Å². The van der Waals surface area contributed by atoms with Gasteiger partial charge in [0.2, 0.25) is 0 Å². The van der Waals surface area contributed by atoms with E-state index in [-0.39, 0.29) is 0 Å². The van der Waals surface area contributed by atoms with Gasteiger partial charge in [-0.15, -0.1) is 0 Å². The first kappa shape index (κ1) is 24.2. The van der Waals surface area contributed by atoms with Crippen LogP contribution in [0, 0.1) is 0 Å². The SMILES string of the molecule is CN(C)c1ccc(N=Nc2ccc(N=P(c3ccccc3)(c3ccccc3)N3CCCC3)cc2)cc1. The number of azo groups is 1. The third-order valence-electron chi connectivity index (χ3n) is 6.48. The van der Waals surface area contributed by atoms with Gasteiger partial charge in [0.25, 0.3) is 0 Å². The fourth-order valence-corrected chi connectivity index (χ4v) is 8.42. The Morgan fingerprint density at radius 2 is 1.03 bits per heavy atom. The predicted molar refractivity (Wildman–Crippen MR) is 153 cm³/mol. The molecule has 36 heavy (non-hydrogen) atoms. The molecule has 0 aliphatic carbocycles. The van der Waals surface area contributed by atoms with E-state index in [1.54, 1.807) is 0 Å². The van der Waals surface area contributed by atoms with Crippen LogP contribution < -0.4 is 15.5 Å². The first-order valence-corrected chi connectivity index (χ1v) is 14.1. The average molecular weight is 494 g/mol. The number of hydrogen-bond donors (Lipinski definition) is 0. The van der Waals surface area contributed by atoms with Gasteiger partial charge in [0.15, 0.2) is 0 Å². The third kappa shape index (κ3) is 5.18. The van der Waals surface area contributed by atoms with Crippen LogP contribution in [0.2, 0.25) is 0 Å². The van der Waals surface area contributed by atoms with Crippen molar-refractivity contribution in [2.24, 2.45) is 15.0 Å². The van der Waals surface area contributed by atoms with E-state index in [0.717, 1.165) is 35.8 Å². The summed E-state index contributed by atoms with van der Waals surface area (Å²) in [5.41, 5.74) is 3.76. The summed E-state index contributed by atoms with van der Waals surface area (Å²) in [7, 11) is 1.89. The van der Waals surface area contributed by atoms with Gasteiger partial charge in [-0.05, 0) is 61.4 Å². The maximum atomic E-state index is 5.56. The van der Waals surface area contributed by atoms with Crippen molar-refractivity contribution in [2.75, 3.05) is 32.1 Å². The Morgan fingerprint density at radius 3 is 1.50 bits per heavy atom. The topological polar surface area (TPSA) is 43.6 Å². The molecule has 0 saturated carbocycles. The molecule has 6 heteroatoms. The van der Waals surface area contributed by atoms with E-state index in [1.807, 2.05) is 50.5 Å². The second-order valence-electron chi connectivity index (χ2n) is 9.16. The Morgan fingerprint density at radius 1 is 0.583 bits per heavy atom. The molecule has 4 aromatic carbocycles. The van der Waals surface area contributed by atoms with Crippen LogP contribution in [0.25, 0.3) is 0 Å². The highest BCUT2D eigenvalue weighted by molar-refractivity contribution is 7.78. The molecule has 0 spiro atoms. The summed E-state index contributed by atoms with van der Waals surface area (Å²) in [5.74, 6) is 0. The van der Waals surface area contributed by atoms with Crippen LogP contribution in [0.15, 0.2) is 124 Å². The summed E-state index contributed by atoms with van der Waals surface area (Å²) in [6, 6.07) is 37.9. The number of benzene rings is 4. The molecule has 0 radical (unpaired) electrons. The second kappa shape index (κ2) is 11.0. The molecular weight excluding hydrogens is 461 g/mol. The third-order valence-corrected chi connectivity index (χ3v) is 10.3. The van der Waals surface area contributed by atoms with E-state index in [4.69, 9.17) is 4.74 Å². The van der Waals surface area contributed by atoms with Crippen molar-refractivity contribution in [1.29, 1.82) is 0 Å². The van der Waals surface area contributed by atoms with E-state index in [2.05, 4.69) is 92.6 Å². The molecule has 5 nitrogen and oxygen atoms in total. The van der Waals surface area contributed by atoms with E-state index in [0.29, 0.717) is 0 Å². The highest BCUT2D eigenvalue weighted by Gasteiger charge is 2.33. The smallest absolute Gasteiger partial charge is 0.0950 e. The van der Waals surface area contributed by atoms with Crippen LogP contribution in [0.4, 0.5) is 22.7 Å². The zero-order valence-electron chi connectivity index (χ0n) is 20.9. The van der Waals surface area contributed by atoms with Gasteiger partial charge in [-0.2, -0.15) is 10.2 Å². The van der Waals surface area contributed by atoms with Crippen LogP contribution in [0.5, 0.6) is 0 Å². The van der Waals surface area contributed by atoms with Gasteiger partial charge in [-0.25, -0.2) is 4.74 Å². The molecule has 1 saturated heterocycles. The van der Waals surface area contributed by atoms with Gasteiger partial charge in [0, 0.05) is 43.5 Å². The number of hydrogen-bond acceptors (Lipinski definition) is 4. The molecule has 1 aliphatic heterocycles. The van der Waals surface area contributed by atoms with Gasteiger partial charge >= 0.3 is 0 Å². The zero-order valence-corrected chi connectivity index (χ0v) is 21.8. The van der Waals surface area contributed by atoms with Crippen molar-refractivity contribution in [3.8, 4) is 0 Å². The van der Waals surface area contributed by atoms with Crippen molar-refractivity contribution < 1.29 is 0 Å². The maximum Gasteiger partial charge on any atom is 0.0950 e. The molecule has 0 N–H and O–H groups in total. The molecule has 0 aromatic heterocycles. The minimum Gasteiger partial charge on any atom is -0.378 e. The number of anilines is 1. The second-order valence-corrected chi connectivity index (χ2v) is 12.2. The minimum atomic E-state index is -2.16. The van der Waals surface area contributed by atoms with Crippen molar-refractivity contribution in [1.82, 2.24) is 4.67 Å². The van der Waals surface area contributed by atoms with Crippen LogP contribution in [0.1, 0.15) is 12.8 Å². The molecule has 1 fully saturated rings. The number of nitrogens with zero attached hydrogens (tertiary/aromatic N) is 5. The van der Waals surface area contributed by atoms with Crippen LogP contribution in [-0.4, -0.2) is 31.9 Å². The Hall–Kier alpha value is -3.53. The molecule has 4 aromatic rings. The van der Waals surface area contributed by atoms with E-state index >= 15 is 0 Å². The fourth-order valence-electron chi connectivity index (χ4n) is 4.60. The standard InChI is InChI=1S/C30H32N5P/c1-34(2)28-21-19-26(20-22-28)32-31-25-15-17-27(18-16-25)33-36(35-23-9-10-24-35,29-11-5-3-6-12-29)30-13-7-4-8-14-30/h3-8,11-22H,9-10,23-24H2,1-2H3. The molecular formula is C30H32N5P. The highest BCUT2D eigenvalue weighted by atomic mass is 31.2. The Kier molecular flexibility index (Phi) is 7.41. The summed E-state index contributed by atoms with van der Waals surface area (Å²) in [5, 5.41) is 11.5. The normalized spacial score (nSPS) is 14.3. The molecule has 1 heterocycles. The van der Waals surface area contributed by atoms with Crippen molar-refractivity contribution in [2.45, 2.75) is 12.8 Å². The average Bonchev–Trinajstić information content (AvgIpc) is 3.48. The monoisotopic (exact) mass is 493 g/mol. The van der Waals surface area contributed by atoms with Gasteiger partial charge in [-0.1, -0.05) is 60.7 Å². The first-order chi connectivity index (χ1) is 17.6. The summed E-state index contributed by atoms with van der Waals surface area (Å²) in [6.07, 6.45) is 2.43. The summed E-state index contributed by atoms with van der Waals surface area (Å²) in [6.45, 7) is 2.14. The largest absolute Gasteiger partial charge is 0.378 e. The molecule has 1 aliphatic rings. The lowest BCUT2D eigenvalue weighted by atomic mass is 10.3. The van der Waals surface area contributed by atoms with Crippen LogP contribution in [-0.2, 0) is 0 Å². The fraction of sp³-hybridized carbons (Fsp3) is 0.200. The summed E-state index contributed by atoms with van der Waals surface area (Å²) in [4.78, 5) is 2.07. The zero-order chi connectivity index (χ0) is 24.8. The van der Waals surface area contributed by atoms with E-state index < -0.39 is 7.21 Å². The predicted octanol–water partition coefficient (Wildman–Crippen LogP) is 7.66. The van der Waals surface area contributed by atoms with E-state index in [9.17, 15) is 0 Å². The van der Waals surface area contributed by atoms with Crippen LogP contribution in [0.3, 0.4) is 0 Å². The van der Waals surface area contributed by atoms with Crippen molar-refractivity contribution in [3.05, 3.63) is 109 Å². The lowest BCUT2D eigenvalue weighted by molar-refractivity contribution is 0.568. The van der Waals surface area contributed by atoms with Crippen molar-refractivity contribution >= 4 is 40.6 Å². The van der Waals surface area contributed by atoms with Crippen LogP contribution >= 0.6 is 7.21 Å². The number of rotatable bonds is 7. The quantitative estimate of drug-likeness (QED) is 0.196. The lowest BCUT2D eigenvalue weighted by Crippen LogP contribution is -2.30. The lowest BCUT2D eigenvalue weighted by Gasteiger charge is -2.34. The molecule has 0 atom stereocenters. The first-order valence-electron chi connectivity index (χ1n) is 12.4. The molecule has 0 bridgehead atoms. The van der Waals surface area contributed by atoms with Crippen molar-refractivity contribution in [3.63, 3.8) is 0 Å². The molecule has 0 unspecified atom stereocenters. The maximum absolute atomic E-state index is 5.56. The minimum absolute atomic E-state index is 0.815. The van der Waals surface area contributed by atoms with Gasteiger partial charge in [-0.3, -0.25) is 4.67 Å². The summed E-state index contributed by atoms with van der Waals surface area (Å²) >= 11 is 0. The Labute approximate surface area is 214 Å². The Balaban J connectivity index is 1.52. The van der Waals surface area contributed by atoms with Gasteiger partial charge in [0.05, 0.1) is 24.3 Å². The van der Waals surface area contributed by atoms with Gasteiger partial charge in [0.1, 0.15) is 0 Å².